The van der Waals surface area contributed by atoms with Gasteiger partial charge in [0.15, 0.2) is 5.96 Å². The van der Waals surface area contributed by atoms with Gasteiger partial charge in [0.1, 0.15) is 6.04 Å². The second-order valence-electron chi connectivity index (χ2n) is 8.88. The first kappa shape index (κ1) is 25.5. The average molecular weight is 497 g/mol. The third-order valence-corrected chi connectivity index (χ3v) is 6.19. The van der Waals surface area contributed by atoms with Crippen LogP contribution in [0.3, 0.4) is 0 Å². The lowest BCUT2D eigenvalue weighted by atomic mass is 9.90. The maximum Gasteiger partial charge on any atom is 0.242 e. The molecule has 0 aliphatic rings. The summed E-state index contributed by atoms with van der Waals surface area (Å²) in [7, 11) is 0. The van der Waals surface area contributed by atoms with Crippen molar-refractivity contribution >= 4 is 28.7 Å². The molecular weight excluding hydrogens is 464 g/mol. The zero-order chi connectivity index (χ0) is 26.0. The van der Waals surface area contributed by atoms with Gasteiger partial charge in [-0.15, -0.1) is 0 Å². The second kappa shape index (κ2) is 12.4. The van der Waals surface area contributed by atoms with Crippen molar-refractivity contribution in [3.05, 3.63) is 108 Å². The van der Waals surface area contributed by atoms with E-state index in [1.165, 1.54) is 0 Å². The van der Waals surface area contributed by atoms with Crippen LogP contribution in [0.4, 0.5) is 0 Å². The third kappa shape index (κ3) is 6.98. The zero-order valence-electron chi connectivity index (χ0n) is 20.6. The molecule has 8 nitrogen and oxygen atoms in total. The molecule has 2 amide bonds. The smallest absolute Gasteiger partial charge is 0.242 e. The Morgan fingerprint density at radius 3 is 2.19 bits per heavy atom. The van der Waals surface area contributed by atoms with Crippen LogP contribution in [0.25, 0.3) is 10.9 Å². The van der Waals surface area contributed by atoms with Crippen LogP contribution in [-0.2, 0) is 16.1 Å². The predicted octanol–water partition coefficient (Wildman–Crippen LogP) is 3.15. The molecule has 0 saturated heterocycles. The minimum Gasteiger partial charge on any atom is -0.370 e. The maximum absolute atomic E-state index is 13.6. The minimum absolute atomic E-state index is 0.00148. The highest BCUT2D eigenvalue weighted by molar-refractivity contribution is 5.92. The number of carbonyl (C=O) groups excluding carboxylic acids is 2. The van der Waals surface area contributed by atoms with Gasteiger partial charge < -0.3 is 27.1 Å². The van der Waals surface area contributed by atoms with Gasteiger partial charge in [0.25, 0.3) is 0 Å². The number of amides is 2. The Bertz CT molecular complexity index is 1310. The summed E-state index contributed by atoms with van der Waals surface area (Å²) in [5.74, 6) is -1.05. The van der Waals surface area contributed by atoms with Gasteiger partial charge in [-0.1, -0.05) is 66.7 Å². The molecule has 0 aliphatic heterocycles. The summed E-state index contributed by atoms with van der Waals surface area (Å²) in [5, 5.41) is 7.05. The van der Waals surface area contributed by atoms with Gasteiger partial charge in [-0.05, 0) is 53.1 Å². The number of fused-ring (bicyclic) bond motifs is 1. The van der Waals surface area contributed by atoms with E-state index in [9.17, 15) is 9.59 Å². The number of guanidine groups is 1. The Kier molecular flexibility index (Phi) is 8.54. The van der Waals surface area contributed by atoms with Crippen LogP contribution in [0.2, 0.25) is 0 Å². The number of aromatic nitrogens is 1. The first-order valence-corrected chi connectivity index (χ1v) is 12.3. The number of hydrogen-bond donors (Lipinski definition) is 5. The van der Waals surface area contributed by atoms with E-state index < -0.39 is 12.0 Å². The van der Waals surface area contributed by atoms with Gasteiger partial charge >= 0.3 is 0 Å². The van der Waals surface area contributed by atoms with Gasteiger partial charge in [-0.3, -0.25) is 14.6 Å². The normalized spacial score (nSPS) is 11.7. The van der Waals surface area contributed by atoms with E-state index in [2.05, 4.69) is 20.6 Å². The van der Waals surface area contributed by atoms with Crippen molar-refractivity contribution in [2.24, 2.45) is 16.5 Å². The van der Waals surface area contributed by atoms with E-state index in [0.29, 0.717) is 25.9 Å². The zero-order valence-corrected chi connectivity index (χ0v) is 20.6. The molecule has 1 heterocycles. The van der Waals surface area contributed by atoms with Crippen molar-refractivity contribution in [3.8, 4) is 0 Å². The molecule has 3 aromatic carbocycles. The van der Waals surface area contributed by atoms with Crippen LogP contribution >= 0.6 is 0 Å². The lowest BCUT2D eigenvalue weighted by molar-refractivity contribution is -0.129. The fraction of sp³-hybridized carbons (Fsp3) is 0.207. The average Bonchev–Trinajstić information content (AvgIpc) is 3.38. The molecule has 4 aromatic rings. The van der Waals surface area contributed by atoms with Crippen molar-refractivity contribution in [3.63, 3.8) is 0 Å². The number of H-pyrrole nitrogens is 1. The summed E-state index contributed by atoms with van der Waals surface area (Å²) < 4.78 is 0. The molecule has 8 heteroatoms. The molecule has 1 atom stereocenters. The molecule has 7 N–H and O–H groups in total. The van der Waals surface area contributed by atoms with Crippen LogP contribution < -0.4 is 22.1 Å². The number of aromatic amines is 1. The SMILES string of the molecule is NC(N)=NCCC[C@H](NC(=O)C(c1ccccc1)c1ccccc1)C(=O)NCc1ccc2[nH]ccc2c1. The summed E-state index contributed by atoms with van der Waals surface area (Å²) in [6, 6.07) is 26.3. The van der Waals surface area contributed by atoms with Gasteiger partial charge in [0.05, 0.1) is 5.92 Å². The van der Waals surface area contributed by atoms with Crippen molar-refractivity contribution in [1.82, 2.24) is 15.6 Å². The summed E-state index contributed by atoms with van der Waals surface area (Å²) in [5.41, 5.74) is 14.6. The highest BCUT2D eigenvalue weighted by Gasteiger charge is 2.27. The molecule has 0 aliphatic carbocycles. The van der Waals surface area contributed by atoms with Gasteiger partial charge in [0, 0.05) is 24.8 Å². The molecule has 37 heavy (non-hydrogen) atoms. The minimum atomic E-state index is -0.743. The molecule has 1 aromatic heterocycles. The molecular formula is C29H32N6O2. The number of hydrogen-bond acceptors (Lipinski definition) is 3. The number of aliphatic imine (C=N–C) groups is 1. The van der Waals surface area contributed by atoms with Crippen molar-refractivity contribution < 1.29 is 9.59 Å². The van der Waals surface area contributed by atoms with E-state index in [1.807, 2.05) is 91.1 Å². The molecule has 190 valence electrons. The predicted molar refractivity (Wildman–Crippen MR) is 147 cm³/mol. The summed E-state index contributed by atoms with van der Waals surface area (Å²) >= 11 is 0. The lowest BCUT2D eigenvalue weighted by Crippen LogP contribution is -2.48. The number of carbonyl (C=O) groups is 2. The molecule has 0 spiro atoms. The van der Waals surface area contributed by atoms with E-state index in [4.69, 9.17) is 11.5 Å². The fourth-order valence-corrected chi connectivity index (χ4v) is 4.34. The topological polar surface area (TPSA) is 138 Å². The van der Waals surface area contributed by atoms with Crippen molar-refractivity contribution in [2.45, 2.75) is 31.3 Å². The lowest BCUT2D eigenvalue weighted by Gasteiger charge is -2.23. The number of nitrogens with one attached hydrogen (secondary N) is 3. The molecule has 4 rings (SSSR count). The first-order chi connectivity index (χ1) is 18.0. The van der Waals surface area contributed by atoms with Gasteiger partial charge in [-0.2, -0.15) is 0 Å². The third-order valence-electron chi connectivity index (χ3n) is 6.19. The molecule has 0 bridgehead atoms. The van der Waals surface area contributed by atoms with Crippen LogP contribution in [0, 0.1) is 0 Å². The van der Waals surface area contributed by atoms with Crippen LogP contribution in [0.5, 0.6) is 0 Å². The Morgan fingerprint density at radius 1 is 0.865 bits per heavy atom. The molecule has 0 radical (unpaired) electrons. The molecule has 0 unspecified atom stereocenters. The maximum atomic E-state index is 13.6. The monoisotopic (exact) mass is 496 g/mol. The Morgan fingerprint density at radius 2 is 1.54 bits per heavy atom. The van der Waals surface area contributed by atoms with Gasteiger partial charge in [-0.25, -0.2) is 0 Å². The fourth-order valence-electron chi connectivity index (χ4n) is 4.34. The number of benzene rings is 3. The first-order valence-electron chi connectivity index (χ1n) is 12.3. The van der Waals surface area contributed by atoms with Gasteiger partial charge in [0.2, 0.25) is 11.8 Å². The standard InChI is InChI=1S/C29H32N6O2/c30-29(31)33-16-7-12-25(27(36)34-19-20-13-14-24-23(18-20)15-17-32-24)35-28(37)26(21-8-3-1-4-9-21)22-10-5-2-6-11-22/h1-6,8-11,13-15,17-18,25-26,32H,7,12,16,19H2,(H,34,36)(H,35,37)(H4,30,31,33)/t25-/m0/s1. The van der Waals surface area contributed by atoms with E-state index in [0.717, 1.165) is 27.6 Å². The van der Waals surface area contributed by atoms with E-state index >= 15 is 0 Å². The summed E-state index contributed by atoms with van der Waals surface area (Å²) in [6.45, 7) is 0.716. The molecule has 0 fully saturated rings. The molecule has 0 saturated carbocycles. The van der Waals surface area contributed by atoms with Crippen LogP contribution in [-0.4, -0.2) is 35.3 Å². The number of rotatable bonds is 11. The van der Waals surface area contributed by atoms with E-state index in [1.54, 1.807) is 0 Å². The van der Waals surface area contributed by atoms with Crippen LogP contribution in [0.1, 0.15) is 35.4 Å². The summed E-state index contributed by atoms with van der Waals surface area (Å²) in [4.78, 5) is 34.1. The largest absolute Gasteiger partial charge is 0.370 e. The number of nitrogens with zero attached hydrogens (tertiary/aromatic N) is 1. The van der Waals surface area contributed by atoms with Crippen LogP contribution in [0.15, 0.2) is 96.1 Å². The quantitative estimate of drug-likeness (QED) is 0.124. The Labute approximate surface area is 216 Å². The highest BCUT2D eigenvalue weighted by atomic mass is 16.2. The van der Waals surface area contributed by atoms with Crippen molar-refractivity contribution in [1.29, 1.82) is 0 Å². The van der Waals surface area contributed by atoms with Crippen molar-refractivity contribution in [2.75, 3.05) is 6.54 Å². The highest BCUT2D eigenvalue weighted by Crippen LogP contribution is 2.25. The number of nitrogens with two attached hydrogens (primary N) is 2. The Hall–Kier alpha value is -4.59. The van der Waals surface area contributed by atoms with E-state index in [-0.39, 0.29) is 17.8 Å². The second-order valence-corrected chi connectivity index (χ2v) is 8.88. The Balaban J connectivity index is 1.50. The summed E-state index contributed by atoms with van der Waals surface area (Å²) in [6.07, 6.45) is 2.81.